The molecule has 0 spiro atoms. The van der Waals surface area contributed by atoms with E-state index in [1.165, 1.54) is 11.8 Å². The van der Waals surface area contributed by atoms with Crippen LogP contribution < -0.4 is 16.2 Å². The van der Waals surface area contributed by atoms with E-state index >= 15 is 0 Å². The van der Waals surface area contributed by atoms with Crippen LogP contribution in [0.3, 0.4) is 0 Å². The molecule has 5 nitrogen and oxygen atoms in total. The number of hydrogen-bond donors (Lipinski definition) is 3. The van der Waals surface area contributed by atoms with Crippen LogP contribution >= 0.6 is 11.8 Å². The van der Waals surface area contributed by atoms with Gasteiger partial charge >= 0.3 is 0 Å². The number of anilines is 1. The molecule has 0 heterocycles. The van der Waals surface area contributed by atoms with Gasteiger partial charge in [-0.25, -0.2) is 13.6 Å². The van der Waals surface area contributed by atoms with Gasteiger partial charge in [-0.2, -0.15) is 0 Å². The SMILES string of the molecule is CCCCNc1cc(CC=CCN)cc(S(N)(=O)=O)c1Sc1ccccc1. The lowest BCUT2D eigenvalue weighted by Crippen LogP contribution is -2.15. The van der Waals surface area contributed by atoms with E-state index in [1.54, 1.807) is 6.07 Å². The van der Waals surface area contributed by atoms with Crippen molar-refractivity contribution < 1.29 is 8.42 Å². The molecular formula is C20H27N3O2S2. The normalized spacial score (nSPS) is 11.8. The number of allylic oxidation sites excluding steroid dienone is 1. The van der Waals surface area contributed by atoms with Gasteiger partial charge in [0, 0.05) is 23.7 Å². The second-order valence-electron chi connectivity index (χ2n) is 6.12. The molecule has 0 radical (unpaired) electrons. The first kappa shape index (κ1) is 21.5. The van der Waals surface area contributed by atoms with Crippen LogP contribution in [-0.4, -0.2) is 21.5 Å². The quantitative estimate of drug-likeness (QED) is 0.413. The van der Waals surface area contributed by atoms with E-state index in [0.717, 1.165) is 35.5 Å². The summed E-state index contributed by atoms with van der Waals surface area (Å²) >= 11 is 1.40. The summed E-state index contributed by atoms with van der Waals surface area (Å²) in [4.78, 5) is 1.73. The molecule has 7 heteroatoms. The minimum atomic E-state index is -3.87. The van der Waals surface area contributed by atoms with E-state index < -0.39 is 10.0 Å². The summed E-state index contributed by atoms with van der Waals surface area (Å²) in [7, 11) is -3.87. The van der Waals surface area contributed by atoms with Gasteiger partial charge in [-0.05, 0) is 42.7 Å². The number of primary sulfonamides is 1. The number of benzene rings is 2. The zero-order valence-corrected chi connectivity index (χ0v) is 17.2. The van der Waals surface area contributed by atoms with Crippen molar-refractivity contribution in [1.29, 1.82) is 0 Å². The van der Waals surface area contributed by atoms with Crippen molar-refractivity contribution in [2.75, 3.05) is 18.4 Å². The Labute approximate surface area is 166 Å². The fraction of sp³-hybridized carbons (Fsp3) is 0.300. The summed E-state index contributed by atoms with van der Waals surface area (Å²) in [5, 5.41) is 8.94. The zero-order chi connectivity index (χ0) is 19.7. The molecule has 0 saturated heterocycles. The van der Waals surface area contributed by atoms with E-state index in [4.69, 9.17) is 10.9 Å². The van der Waals surface area contributed by atoms with Crippen LogP contribution in [-0.2, 0) is 16.4 Å². The average Bonchev–Trinajstić information content (AvgIpc) is 2.63. The molecule has 0 fully saturated rings. The maximum atomic E-state index is 12.3. The highest BCUT2D eigenvalue weighted by molar-refractivity contribution is 8.00. The molecule has 2 aromatic carbocycles. The van der Waals surface area contributed by atoms with Crippen molar-refractivity contribution in [3.8, 4) is 0 Å². The van der Waals surface area contributed by atoms with Gasteiger partial charge in [0.25, 0.3) is 0 Å². The Morgan fingerprint density at radius 2 is 1.89 bits per heavy atom. The monoisotopic (exact) mass is 405 g/mol. The summed E-state index contributed by atoms with van der Waals surface area (Å²) < 4.78 is 24.6. The van der Waals surface area contributed by atoms with Crippen LogP contribution in [0.2, 0.25) is 0 Å². The number of unbranched alkanes of at least 4 members (excludes halogenated alkanes) is 1. The Bertz CT molecular complexity index is 866. The molecule has 27 heavy (non-hydrogen) atoms. The highest BCUT2D eigenvalue weighted by Crippen LogP contribution is 2.39. The van der Waals surface area contributed by atoms with E-state index in [1.807, 2.05) is 48.6 Å². The van der Waals surface area contributed by atoms with Crippen molar-refractivity contribution in [2.45, 2.75) is 40.9 Å². The summed E-state index contributed by atoms with van der Waals surface area (Å²) in [5.41, 5.74) is 7.16. The molecule has 146 valence electrons. The third kappa shape index (κ3) is 6.70. The van der Waals surface area contributed by atoms with E-state index in [0.29, 0.717) is 17.9 Å². The van der Waals surface area contributed by atoms with Gasteiger partial charge in [0.15, 0.2) is 0 Å². The third-order valence-electron chi connectivity index (χ3n) is 3.89. The molecule has 0 aromatic heterocycles. The number of hydrogen-bond acceptors (Lipinski definition) is 5. The molecule has 0 saturated carbocycles. The number of nitrogens with one attached hydrogen (secondary N) is 1. The molecule has 0 unspecified atom stereocenters. The van der Waals surface area contributed by atoms with Crippen molar-refractivity contribution in [1.82, 2.24) is 0 Å². The van der Waals surface area contributed by atoms with Gasteiger partial charge in [-0.3, -0.25) is 0 Å². The number of sulfonamides is 1. The maximum Gasteiger partial charge on any atom is 0.239 e. The van der Waals surface area contributed by atoms with Gasteiger partial charge in [0.2, 0.25) is 10.0 Å². The summed E-state index contributed by atoms with van der Waals surface area (Å²) in [5.74, 6) is 0. The predicted octanol–water partition coefficient (Wildman–Crippen LogP) is 3.75. The van der Waals surface area contributed by atoms with Gasteiger partial charge in [-0.1, -0.05) is 55.5 Å². The zero-order valence-electron chi connectivity index (χ0n) is 15.5. The van der Waals surface area contributed by atoms with Crippen molar-refractivity contribution in [3.05, 3.63) is 60.2 Å². The summed E-state index contributed by atoms with van der Waals surface area (Å²) in [6.45, 7) is 3.34. The van der Waals surface area contributed by atoms with Crippen LogP contribution in [0, 0.1) is 0 Å². The topological polar surface area (TPSA) is 98.2 Å². The highest BCUT2D eigenvalue weighted by atomic mass is 32.2. The predicted molar refractivity (Wildman–Crippen MR) is 114 cm³/mol. The van der Waals surface area contributed by atoms with Crippen molar-refractivity contribution in [2.24, 2.45) is 10.9 Å². The van der Waals surface area contributed by atoms with E-state index in [2.05, 4.69) is 12.2 Å². The Balaban J connectivity index is 2.52. The lowest BCUT2D eigenvalue weighted by Gasteiger charge is -2.17. The minimum Gasteiger partial charge on any atom is -0.384 e. The molecule has 0 aliphatic rings. The van der Waals surface area contributed by atoms with Crippen molar-refractivity contribution >= 4 is 27.5 Å². The molecule has 0 aliphatic heterocycles. The molecule has 0 amide bonds. The lowest BCUT2D eigenvalue weighted by molar-refractivity contribution is 0.595. The first-order chi connectivity index (χ1) is 13.0. The first-order valence-corrected chi connectivity index (χ1v) is 11.3. The number of rotatable bonds is 10. The second-order valence-corrected chi connectivity index (χ2v) is 8.74. The molecular weight excluding hydrogens is 378 g/mol. The molecule has 5 N–H and O–H groups in total. The summed E-state index contributed by atoms with van der Waals surface area (Å²) in [6, 6.07) is 13.3. The summed E-state index contributed by atoms with van der Waals surface area (Å²) in [6.07, 6.45) is 6.43. The van der Waals surface area contributed by atoms with Crippen LogP contribution in [0.4, 0.5) is 5.69 Å². The maximum absolute atomic E-state index is 12.3. The average molecular weight is 406 g/mol. The Kier molecular flexibility index (Phi) is 8.37. The fourth-order valence-electron chi connectivity index (χ4n) is 2.55. The standard InChI is InChI=1S/C20H27N3O2S2/c1-2-3-13-23-18-14-16(9-7-8-12-21)15-19(27(22,24)25)20(18)26-17-10-5-4-6-11-17/h4-8,10-11,14-15,23H,2-3,9,12-13,21H2,1H3,(H2,22,24,25). The van der Waals surface area contributed by atoms with Gasteiger partial charge in [-0.15, -0.1) is 0 Å². The molecule has 2 rings (SSSR count). The Morgan fingerprint density at radius 3 is 2.52 bits per heavy atom. The van der Waals surface area contributed by atoms with Gasteiger partial charge in [0.05, 0.1) is 9.79 Å². The van der Waals surface area contributed by atoms with Crippen LogP contribution in [0.25, 0.3) is 0 Å². The Hall–Kier alpha value is -1.80. The highest BCUT2D eigenvalue weighted by Gasteiger charge is 2.20. The molecule has 0 aliphatic carbocycles. The first-order valence-electron chi connectivity index (χ1n) is 8.97. The lowest BCUT2D eigenvalue weighted by atomic mass is 10.1. The smallest absolute Gasteiger partial charge is 0.239 e. The largest absolute Gasteiger partial charge is 0.384 e. The second kappa shape index (κ2) is 10.5. The third-order valence-corrected chi connectivity index (χ3v) is 6.10. The molecule has 0 bridgehead atoms. The van der Waals surface area contributed by atoms with Crippen LogP contribution in [0.1, 0.15) is 25.3 Å². The van der Waals surface area contributed by atoms with Crippen molar-refractivity contribution in [3.63, 3.8) is 0 Å². The van der Waals surface area contributed by atoms with Gasteiger partial charge in [0.1, 0.15) is 0 Å². The Morgan fingerprint density at radius 1 is 1.15 bits per heavy atom. The fourth-order valence-corrected chi connectivity index (χ4v) is 4.63. The van der Waals surface area contributed by atoms with E-state index in [9.17, 15) is 8.42 Å². The van der Waals surface area contributed by atoms with Crippen LogP contribution in [0.5, 0.6) is 0 Å². The van der Waals surface area contributed by atoms with E-state index in [-0.39, 0.29) is 4.90 Å². The number of nitrogens with two attached hydrogens (primary N) is 2. The van der Waals surface area contributed by atoms with Gasteiger partial charge < -0.3 is 11.1 Å². The molecule has 2 aromatic rings. The molecule has 0 atom stereocenters. The van der Waals surface area contributed by atoms with Crippen LogP contribution in [0.15, 0.2) is 69.3 Å². The minimum absolute atomic E-state index is 0.147.